The highest BCUT2D eigenvalue weighted by atomic mass is 16.5. The van der Waals surface area contributed by atoms with Gasteiger partial charge in [-0.3, -0.25) is 0 Å². The molecular formula is C17H19N5O. The molecule has 0 atom stereocenters. The summed E-state index contributed by atoms with van der Waals surface area (Å²) in [5.74, 6) is 1.32. The van der Waals surface area contributed by atoms with E-state index < -0.39 is 0 Å². The zero-order valence-electron chi connectivity index (χ0n) is 13.7. The molecule has 3 aromatic rings. The molecule has 0 spiro atoms. The Morgan fingerprint density at radius 2 is 1.96 bits per heavy atom. The van der Waals surface area contributed by atoms with E-state index in [4.69, 9.17) is 4.74 Å². The van der Waals surface area contributed by atoms with E-state index >= 15 is 0 Å². The molecule has 23 heavy (non-hydrogen) atoms. The first-order valence-corrected chi connectivity index (χ1v) is 7.33. The average molecular weight is 309 g/mol. The summed E-state index contributed by atoms with van der Waals surface area (Å²) in [5.41, 5.74) is 4.78. The predicted molar refractivity (Wildman–Crippen MR) is 89.6 cm³/mol. The van der Waals surface area contributed by atoms with Gasteiger partial charge in [-0.1, -0.05) is 0 Å². The topological polar surface area (TPSA) is 64.9 Å². The first kappa shape index (κ1) is 15.0. The zero-order chi connectivity index (χ0) is 16.4. The Balaban J connectivity index is 1.91. The van der Waals surface area contributed by atoms with Gasteiger partial charge in [0.15, 0.2) is 0 Å². The molecule has 2 heterocycles. The maximum Gasteiger partial charge on any atom is 0.227 e. The summed E-state index contributed by atoms with van der Waals surface area (Å²) >= 11 is 0. The fourth-order valence-electron chi connectivity index (χ4n) is 2.24. The Labute approximate surface area is 135 Å². The molecule has 0 aliphatic heterocycles. The summed E-state index contributed by atoms with van der Waals surface area (Å²) in [7, 11) is 1.65. The van der Waals surface area contributed by atoms with Gasteiger partial charge >= 0.3 is 0 Å². The van der Waals surface area contributed by atoms with Gasteiger partial charge in [0, 0.05) is 29.8 Å². The SMILES string of the molecule is COc1cc(Nc2ncc(C)c(C)n2)ccc1-n1cnc(C)c1. The average Bonchev–Trinajstić information content (AvgIpc) is 2.97. The molecule has 0 aliphatic carbocycles. The lowest BCUT2D eigenvalue weighted by molar-refractivity contribution is 0.413. The number of anilines is 2. The summed E-state index contributed by atoms with van der Waals surface area (Å²) in [6.07, 6.45) is 5.54. The summed E-state index contributed by atoms with van der Waals surface area (Å²) < 4.78 is 7.44. The quantitative estimate of drug-likeness (QED) is 0.800. The van der Waals surface area contributed by atoms with Crippen molar-refractivity contribution in [1.82, 2.24) is 19.5 Å². The minimum atomic E-state index is 0.571. The van der Waals surface area contributed by atoms with Crippen LogP contribution in [0.25, 0.3) is 5.69 Å². The molecule has 0 unspecified atom stereocenters. The molecule has 0 radical (unpaired) electrons. The van der Waals surface area contributed by atoms with E-state index in [0.717, 1.165) is 34.1 Å². The maximum atomic E-state index is 5.50. The van der Waals surface area contributed by atoms with Crippen LogP contribution in [-0.4, -0.2) is 26.6 Å². The number of nitrogens with one attached hydrogen (secondary N) is 1. The van der Waals surface area contributed by atoms with E-state index in [1.165, 1.54) is 0 Å². The zero-order valence-corrected chi connectivity index (χ0v) is 13.7. The van der Waals surface area contributed by atoms with Crippen molar-refractivity contribution in [2.75, 3.05) is 12.4 Å². The van der Waals surface area contributed by atoms with E-state index in [-0.39, 0.29) is 0 Å². The van der Waals surface area contributed by atoms with Crippen LogP contribution < -0.4 is 10.1 Å². The monoisotopic (exact) mass is 309 g/mol. The van der Waals surface area contributed by atoms with Crippen LogP contribution in [0.2, 0.25) is 0 Å². The Hall–Kier alpha value is -2.89. The van der Waals surface area contributed by atoms with Gasteiger partial charge in [0.1, 0.15) is 5.75 Å². The molecule has 118 valence electrons. The second kappa shape index (κ2) is 6.08. The van der Waals surface area contributed by atoms with Crippen molar-refractivity contribution < 1.29 is 4.74 Å². The van der Waals surface area contributed by atoms with Gasteiger partial charge in [0.25, 0.3) is 0 Å². The second-order valence-corrected chi connectivity index (χ2v) is 5.40. The number of aryl methyl sites for hydroxylation is 3. The molecule has 0 amide bonds. The van der Waals surface area contributed by atoms with E-state index in [0.29, 0.717) is 5.95 Å². The lowest BCUT2D eigenvalue weighted by Crippen LogP contribution is -2.01. The third-order valence-electron chi connectivity index (χ3n) is 3.65. The van der Waals surface area contributed by atoms with Crippen molar-refractivity contribution in [3.05, 3.63) is 53.9 Å². The number of nitrogens with zero attached hydrogens (tertiary/aromatic N) is 4. The summed E-state index contributed by atoms with van der Waals surface area (Å²) in [6.45, 7) is 5.91. The standard InChI is InChI=1S/C17H19N5O/c1-11-8-18-17(20-13(11)3)21-14-5-6-15(16(7-14)23-4)22-9-12(2)19-10-22/h5-10H,1-4H3,(H,18,20,21). The molecule has 0 saturated carbocycles. The lowest BCUT2D eigenvalue weighted by Gasteiger charge is -2.12. The minimum Gasteiger partial charge on any atom is -0.494 e. The third kappa shape index (κ3) is 3.15. The molecule has 6 heteroatoms. The molecule has 1 N–H and O–H groups in total. The van der Waals surface area contributed by atoms with E-state index in [1.54, 1.807) is 13.4 Å². The van der Waals surface area contributed by atoms with Crippen LogP contribution in [0.1, 0.15) is 17.0 Å². The molecule has 2 aromatic heterocycles. The van der Waals surface area contributed by atoms with Crippen molar-refractivity contribution >= 4 is 11.6 Å². The van der Waals surface area contributed by atoms with Crippen LogP contribution in [0.3, 0.4) is 0 Å². The molecular weight excluding hydrogens is 290 g/mol. The molecule has 6 nitrogen and oxygen atoms in total. The van der Waals surface area contributed by atoms with Gasteiger partial charge in [-0.25, -0.2) is 15.0 Å². The number of hydrogen-bond donors (Lipinski definition) is 1. The summed E-state index contributed by atoms with van der Waals surface area (Å²) in [6, 6.07) is 5.86. The fraction of sp³-hybridized carbons (Fsp3) is 0.235. The Morgan fingerprint density at radius 1 is 1.13 bits per heavy atom. The first-order chi connectivity index (χ1) is 11.1. The van der Waals surface area contributed by atoms with Gasteiger partial charge < -0.3 is 14.6 Å². The Morgan fingerprint density at radius 3 is 2.61 bits per heavy atom. The van der Waals surface area contributed by atoms with Crippen molar-refractivity contribution in [2.24, 2.45) is 0 Å². The third-order valence-corrected chi connectivity index (χ3v) is 3.65. The second-order valence-electron chi connectivity index (χ2n) is 5.40. The van der Waals surface area contributed by atoms with Gasteiger partial charge in [-0.2, -0.15) is 0 Å². The van der Waals surface area contributed by atoms with Crippen molar-refractivity contribution in [3.63, 3.8) is 0 Å². The molecule has 3 rings (SSSR count). The predicted octanol–water partition coefficient (Wildman–Crippen LogP) is 3.34. The van der Waals surface area contributed by atoms with Crippen molar-refractivity contribution in [1.29, 1.82) is 0 Å². The summed E-state index contributed by atoms with van der Waals surface area (Å²) in [5, 5.41) is 3.20. The highest BCUT2D eigenvalue weighted by molar-refractivity contribution is 5.62. The van der Waals surface area contributed by atoms with Crippen LogP contribution in [0.15, 0.2) is 36.9 Å². The van der Waals surface area contributed by atoms with Crippen LogP contribution in [-0.2, 0) is 0 Å². The van der Waals surface area contributed by atoms with E-state index in [2.05, 4.69) is 20.3 Å². The van der Waals surface area contributed by atoms with Crippen LogP contribution in [0, 0.1) is 20.8 Å². The first-order valence-electron chi connectivity index (χ1n) is 7.33. The molecule has 1 aromatic carbocycles. The highest BCUT2D eigenvalue weighted by Crippen LogP contribution is 2.28. The maximum absolute atomic E-state index is 5.50. The molecule has 0 fully saturated rings. The molecule has 0 bridgehead atoms. The Bertz CT molecular complexity index is 841. The van der Waals surface area contributed by atoms with Crippen LogP contribution in [0.4, 0.5) is 11.6 Å². The number of benzene rings is 1. The number of ether oxygens (including phenoxy) is 1. The lowest BCUT2D eigenvalue weighted by atomic mass is 10.2. The Kier molecular flexibility index (Phi) is 3.97. The van der Waals surface area contributed by atoms with Gasteiger partial charge in [0.05, 0.1) is 24.8 Å². The number of methoxy groups -OCH3 is 1. The molecule has 0 saturated heterocycles. The van der Waals surface area contributed by atoms with E-state index in [9.17, 15) is 0 Å². The van der Waals surface area contributed by atoms with Crippen molar-refractivity contribution in [3.8, 4) is 11.4 Å². The number of rotatable bonds is 4. The smallest absolute Gasteiger partial charge is 0.227 e. The number of hydrogen-bond acceptors (Lipinski definition) is 5. The van der Waals surface area contributed by atoms with Gasteiger partial charge in [-0.15, -0.1) is 0 Å². The van der Waals surface area contributed by atoms with Crippen LogP contribution in [0.5, 0.6) is 5.75 Å². The van der Waals surface area contributed by atoms with Gasteiger partial charge in [-0.05, 0) is 38.5 Å². The van der Waals surface area contributed by atoms with Crippen LogP contribution >= 0.6 is 0 Å². The minimum absolute atomic E-state index is 0.571. The largest absolute Gasteiger partial charge is 0.494 e. The summed E-state index contributed by atoms with van der Waals surface area (Å²) in [4.78, 5) is 13.0. The fourth-order valence-corrected chi connectivity index (χ4v) is 2.24. The van der Waals surface area contributed by atoms with Gasteiger partial charge in [0.2, 0.25) is 5.95 Å². The normalized spacial score (nSPS) is 10.6. The van der Waals surface area contributed by atoms with Crippen molar-refractivity contribution in [2.45, 2.75) is 20.8 Å². The number of aromatic nitrogens is 4. The number of imidazole rings is 1. The van der Waals surface area contributed by atoms with E-state index in [1.807, 2.05) is 55.9 Å². The molecule has 0 aliphatic rings. The highest BCUT2D eigenvalue weighted by Gasteiger charge is 2.08.